The van der Waals surface area contributed by atoms with E-state index in [1.54, 1.807) is 6.20 Å². The molecule has 5 nitrogen and oxygen atoms in total. The van der Waals surface area contributed by atoms with Crippen LogP contribution in [-0.4, -0.2) is 37.0 Å². The van der Waals surface area contributed by atoms with E-state index in [4.69, 9.17) is 0 Å². The van der Waals surface area contributed by atoms with Crippen LogP contribution in [0.1, 0.15) is 11.1 Å². The smallest absolute Gasteiger partial charge is 0.267 e. The molecule has 0 aliphatic carbocycles. The fourth-order valence-corrected chi connectivity index (χ4v) is 3.18. The largest absolute Gasteiger partial charge is 0.373 e. The fraction of sp³-hybridized carbons (Fsp3) is 0.273. The van der Waals surface area contributed by atoms with Gasteiger partial charge in [0.25, 0.3) is 5.91 Å². The van der Waals surface area contributed by atoms with Gasteiger partial charge in [-0.15, -0.1) is 0 Å². The second kappa shape index (κ2) is 8.41. The summed E-state index contributed by atoms with van der Waals surface area (Å²) in [6.45, 7) is 7.32. The van der Waals surface area contributed by atoms with Gasteiger partial charge in [-0.25, -0.2) is 0 Å². The molecule has 138 valence electrons. The molecule has 1 heterocycles. The van der Waals surface area contributed by atoms with Gasteiger partial charge in [-0.05, 0) is 49.2 Å². The number of benzene rings is 2. The Morgan fingerprint density at radius 2 is 1.70 bits per heavy atom. The average Bonchev–Trinajstić information content (AvgIpc) is 2.66. The summed E-state index contributed by atoms with van der Waals surface area (Å²) in [6, 6.07) is 18.0. The third-order valence-electron chi connectivity index (χ3n) is 4.63. The van der Waals surface area contributed by atoms with Crippen LogP contribution in [0.4, 0.5) is 11.4 Å². The standard InChI is InChI=1S/C22H24N4O/c1-17-5-3-7-20(13-17)24-22(27)19(15-23)16-25-9-11-26(12-10-25)21-8-4-6-18(2)14-21/h3-8,13-14,16H,9-12H2,1-2H3,(H,24,27)/b19-16-. The van der Waals surface area contributed by atoms with Crippen molar-refractivity contribution < 1.29 is 4.79 Å². The van der Waals surface area contributed by atoms with Crippen LogP contribution >= 0.6 is 0 Å². The zero-order valence-corrected chi connectivity index (χ0v) is 15.8. The van der Waals surface area contributed by atoms with Crippen molar-refractivity contribution >= 4 is 17.3 Å². The molecule has 0 radical (unpaired) electrons. The molecular weight excluding hydrogens is 336 g/mol. The highest BCUT2D eigenvalue weighted by Gasteiger charge is 2.18. The second-order valence-corrected chi connectivity index (χ2v) is 6.84. The fourth-order valence-electron chi connectivity index (χ4n) is 3.18. The first kappa shape index (κ1) is 18.5. The minimum absolute atomic E-state index is 0.125. The SMILES string of the molecule is Cc1cccc(NC(=O)/C(C#N)=C\N2CCN(c3cccc(C)c3)CC2)c1. The van der Waals surface area contributed by atoms with Gasteiger partial charge in [0, 0.05) is 43.8 Å². The Kier molecular flexibility index (Phi) is 5.77. The lowest BCUT2D eigenvalue weighted by Crippen LogP contribution is -2.44. The summed E-state index contributed by atoms with van der Waals surface area (Å²) < 4.78 is 0. The molecule has 1 N–H and O–H groups in total. The van der Waals surface area contributed by atoms with Crippen LogP contribution in [0.3, 0.4) is 0 Å². The van der Waals surface area contributed by atoms with Crippen molar-refractivity contribution in [3.63, 3.8) is 0 Å². The minimum Gasteiger partial charge on any atom is -0.373 e. The van der Waals surface area contributed by atoms with Crippen molar-refractivity contribution in [2.24, 2.45) is 0 Å². The van der Waals surface area contributed by atoms with Crippen molar-refractivity contribution in [3.8, 4) is 6.07 Å². The van der Waals surface area contributed by atoms with E-state index < -0.39 is 0 Å². The van der Waals surface area contributed by atoms with Crippen molar-refractivity contribution in [3.05, 3.63) is 71.4 Å². The Hall–Kier alpha value is -3.26. The van der Waals surface area contributed by atoms with E-state index in [0.717, 1.165) is 31.7 Å². The van der Waals surface area contributed by atoms with Crippen LogP contribution < -0.4 is 10.2 Å². The maximum absolute atomic E-state index is 12.4. The number of hydrogen-bond donors (Lipinski definition) is 1. The van der Waals surface area contributed by atoms with Gasteiger partial charge in [-0.2, -0.15) is 5.26 Å². The molecule has 0 spiro atoms. The number of nitriles is 1. The number of nitrogens with one attached hydrogen (secondary N) is 1. The number of anilines is 2. The molecule has 1 aliphatic heterocycles. The number of aryl methyl sites for hydroxylation is 2. The molecule has 2 aromatic carbocycles. The van der Waals surface area contributed by atoms with Gasteiger partial charge in [-0.3, -0.25) is 4.79 Å². The minimum atomic E-state index is -0.371. The van der Waals surface area contributed by atoms with E-state index in [2.05, 4.69) is 41.4 Å². The maximum atomic E-state index is 12.4. The van der Waals surface area contributed by atoms with Crippen LogP contribution in [-0.2, 0) is 4.79 Å². The van der Waals surface area contributed by atoms with Crippen molar-refractivity contribution in [2.45, 2.75) is 13.8 Å². The van der Waals surface area contributed by atoms with Crippen LogP contribution in [0.25, 0.3) is 0 Å². The molecule has 3 rings (SSSR count). The van der Waals surface area contributed by atoms with Crippen molar-refractivity contribution in [1.29, 1.82) is 5.26 Å². The number of nitrogens with zero attached hydrogens (tertiary/aromatic N) is 3. The van der Waals surface area contributed by atoms with E-state index in [0.29, 0.717) is 5.69 Å². The molecule has 1 saturated heterocycles. The number of carbonyl (C=O) groups is 1. The molecule has 0 saturated carbocycles. The third kappa shape index (κ3) is 4.89. The molecule has 0 unspecified atom stereocenters. The Bertz CT molecular complexity index is 889. The molecular formula is C22H24N4O. The number of piperazine rings is 1. The lowest BCUT2D eigenvalue weighted by atomic mass is 10.2. The Labute approximate surface area is 160 Å². The summed E-state index contributed by atoms with van der Waals surface area (Å²) in [5.74, 6) is -0.371. The third-order valence-corrected chi connectivity index (χ3v) is 4.63. The molecule has 2 aromatic rings. The molecule has 27 heavy (non-hydrogen) atoms. The second-order valence-electron chi connectivity index (χ2n) is 6.84. The van der Waals surface area contributed by atoms with Gasteiger partial charge in [0.2, 0.25) is 0 Å². The Morgan fingerprint density at radius 1 is 1.04 bits per heavy atom. The summed E-state index contributed by atoms with van der Waals surface area (Å²) in [5.41, 5.74) is 4.35. The first-order valence-corrected chi connectivity index (χ1v) is 9.11. The molecule has 1 aliphatic rings. The summed E-state index contributed by atoms with van der Waals surface area (Å²) >= 11 is 0. The molecule has 0 bridgehead atoms. The predicted octanol–water partition coefficient (Wildman–Crippen LogP) is 3.47. The number of hydrogen-bond acceptors (Lipinski definition) is 4. The maximum Gasteiger partial charge on any atom is 0.267 e. The highest BCUT2D eigenvalue weighted by atomic mass is 16.1. The van der Waals surface area contributed by atoms with Gasteiger partial charge in [0.15, 0.2) is 0 Å². The van der Waals surface area contributed by atoms with Gasteiger partial charge >= 0.3 is 0 Å². The summed E-state index contributed by atoms with van der Waals surface area (Å²) in [4.78, 5) is 16.8. The van der Waals surface area contributed by atoms with Crippen LogP contribution in [0.5, 0.6) is 0 Å². The van der Waals surface area contributed by atoms with E-state index in [1.807, 2.05) is 42.2 Å². The highest BCUT2D eigenvalue weighted by molar-refractivity contribution is 6.06. The van der Waals surface area contributed by atoms with Crippen LogP contribution in [0, 0.1) is 25.2 Å². The molecule has 0 aromatic heterocycles. The summed E-state index contributed by atoms with van der Waals surface area (Å²) in [5, 5.41) is 12.2. The molecule has 5 heteroatoms. The molecule has 1 fully saturated rings. The normalized spacial score (nSPS) is 14.6. The lowest BCUT2D eigenvalue weighted by molar-refractivity contribution is -0.112. The van der Waals surface area contributed by atoms with Crippen LogP contribution in [0.2, 0.25) is 0 Å². The van der Waals surface area contributed by atoms with E-state index >= 15 is 0 Å². The molecule has 0 atom stereocenters. The van der Waals surface area contributed by atoms with Crippen molar-refractivity contribution in [1.82, 2.24) is 4.90 Å². The van der Waals surface area contributed by atoms with Gasteiger partial charge in [-0.1, -0.05) is 24.3 Å². The number of carbonyl (C=O) groups excluding carboxylic acids is 1. The first-order valence-electron chi connectivity index (χ1n) is 9.11. The number of rotatable bonds is 4. The first-order chi connectivity index (χ1) is 13.0. The van der Waals surface area contributed by atoms with Gasteiger partial charge in [0.05, 0.1) is 0 Å². The Balaban J connectivity index is 1.61. The Morgan fingerprint density at radius 3 is 2.33 bits per heavy atom. The monoisotopic (exact) mass is 360 g/mol. The summed E-state index contributed by atoms with van der Waals surface area (Å²) in [7, 11) is 0. The zero-order chi connectivity index (χ0) is 19.2. The lowest BCUT2D eigenvalue weighted by Gasteiger charge is -2.35. The van der Waals surface area contributed by atoms with Crippen LogP contribution in [0.15, 0.2) is 60.3 Å². The number of amides is 1. The predicted molar refractivity (Wildman–Crippen MR) is 108 cm³/mol. The van der Waals surface area contributed by atoms with E-state index in [1.165, 1.54) is 11.3 Å². The average molecular weight is 360 g/mol. The topological polar surface area (TPSA) is 59.4 Å². The van der Waals surface area contributed by atoms with E-state index in [9.17, 15) is 10.1 Å². The van der Waals surface area contributed by atoms with E-state index in [-0.39, 0.29) is 11.5 Å². The molecule has 1 amide bonds. The summed E-state index contributed by atoms with van der Waals surface area (Å²) in [6.07, 6.45) is 1.68. The quantitative estimate of drug-likeness (QED) is 0.670. The van der Waals surface area contributed by atoms with Gasteiger partial charge < -0.3 is 15.1 Å². The zero-order valence-electron chi connectivity index (χ0n) is 15.8. The van der Waals surface area contributed by atoms with Crippen molar-refractivity contribution in [2.75, 3.05) is 36.4 Å². The van der Waals surface area contributed by atoms with Gasteiger partial charge in [0.1, 0.15) is 11.6 Å². The highest BCUT2D eigenvalue weighted by Crippen LogP contribution is 2.18.